The first kappa shape index (κ1) is 16.7. The fourth-order valence-electron chi connectivity index (χ4n) is 3.11. The van der Waals surface area contributed by atoms with Crippen LogP contribution in [-0.2, 0) is 6.42 Å². The lowest BCUT2D eigenvalue weighted by atomic mass is 10.0. The zero-order valence-corrected chi connectivity index (χ0v) is 14.7. The van der Waals surface area contributed by atoms with Crippen molar-refractivity contribution in [1.29, 1.82) is 0 Å². The number of carboxylic acid groups (broad SMARTS) is 1. The highest BCUT2D eigenvalue weighted by Crippen LogP contribution is 2.27. The quantitative estimate of drug-likeness (QED) is 0.922. The monoisotopic (exact) mass is 347 g/mol. The first-order valence-electron chi connectivity index (χ1n) is 8.15. The summed E-state index contributed by atoms with van der Waals surface area (Å²) < 4.78 is 1.72. The highest BCUT2D eigenvalue weighted by Gasteiger charge is 2.26. The molecule has 0 unspecified atom stereocenters. The molecule has 1 aliphatic heterocycles. The Labute approximate surface area is 144 Å². The van der Waals surface area contributed by atoms with Crippen molar-refractivity contribution in [2.45, 2.75) is 39.2 Å². The van der Waals surface area contributed by atoms with Crippen LogP contribution in [0.5, 0.6) is 0 Å². The molecule has 0 aromatic carbocycles. The van der Waals surface area contributed by atoms with Gasteiger partial charge in [0.15, 0.2) is 0 Å². The first-order chi connectivity index (χ1) is 11.5. The fraction of sp³-hybridized carbons (Fsp3) is 0.471. The van der Waals surface area contributed by atoms with Crippen molar-refractivity contribution in [2.24, 2.45) is 0 Å². The Morgan fingerprint density at radius 2 is 2.08 bits per heavy atom. The smallest absolute Gasteiger partial charge is 0.338 e. The third kappa shape index (κ3) is 3.21. The highest BCUT2D eigenvalue weighted by molar-refractivity contribution is 7.14. The topological polar surface area (TPSA) is 75.4 Å². The molecule has 128 valence electrons. The lowest BCUT2D eigenvalue weighted by Crippen LogP contribution is -2.38. The Kier molecular flexibility index (Phi) is 4.71. The molecule has 3 heterocycles. The Morgan fingerprint density at radius 3 is 2.62 bits per heavy atom. The second kappa shape index (κ2) is 6.76. The molecule has 3 rings (SSSR count). The fourth-order valence-corrected chi connectivity index (χ4v) is 4.20. The summed E-state index contributed by atoms with van der Waals surface area (Å²) in [5.41, 5.74) is 1.40. The minimum absolute atomic E-state index is 0.105. The third-order valence-corrected chi connectivity index (χ3v) is 5.90. The van der Waals surface area contributed by atoms with Gasteiger partial charge in [0, 0.05) is 24.2 Å². The molecule has 0 aliphatic carbocycles. The summed E-state index contributed by atoms with van der Waals surface area (Å²) in [5, 5.41) is 13.1. The van der Waals surface area contributed by atoms with Crippen LogP contribution in [0.1, 0.15) is 56.3 Å². The van der Waals surface area contributed by atoms with E-state index in [4.69, 9.17) is 5.11 Å². The van der Waals surface area contributed by atoms with Gasteiger partial charge in [0.25, 0.3) is 5.91 Å². The van der Waals surface area contributed by atoms with E-state index >= 15 is 0 Å². The summed E-state index contributed by atoms with van der Waals surface area (Å²) in [6.07, 6.45) is 5.48. The van der Waals surface area contributed by atoms with Gasteiger partial charge >= 0.3 is 5.97 Å². The van der Waals surface area contributed by atoms with E-state index in [9.17, 15) is 9.59 Å². The standard InChI is InChI=1S/C17H21N3O3S/c1-3-14-11(2)8-15(24-14)16(21)19-6-4-13(5-7-19)20-10-12(9-18-20)17(22)23/h8-10,13H,3-7H2,1-2H3,(H,22,23). The number of aromatic nitrogens is 2. The van der Waals surface area contributed by atoms with Gasteiger partial charge in [-0.25, -0.2) is 4.79 Å². The summed E-state index contributed by atoms with van der Waals surface area (Å²) in [6, 6.07) is 2.14. The second-order valence-electron chi connectivity index (χ2n) is 6.11. The van der Waals surface area contributed by atoms with E-state index in [1.165, 1.54) is 16.6 Å². The maximum atomic E-state index is 12.7. The molecular weight excluding hydrogens is 326 g/mol. The molecule has 7 heteroatoms. The summed E-state index contributed by atoms with van der Waals surface area (Å²) in [5.74, 6) is -0.860. The molecule has 2 aromatic heterocycles. The molecule has 1 N–H and O–H groups in total. The second-order valence-corrected chi connectivity index (χ2v) is 7.24. The van der Waals surface area contributed by atoms with Crippen LogP contribution in [0.15, 0.2) is 18.5 Å². The van der Waals surface area contributed by atoms with Crippen molar-refractivity contribution < 1.29 is 14.7 Å². The lowest BCUT2D eigenvalue weighted by molar-refractivity contribution is 0.0691. The molecule has 1 amide bonds. The molecule has 0 spiro atoms. The zero-order chi connectivity index (χ0) is 17.3. The number of thiophene rings is 1. The van der Waals surface area contributed by atoms with E-state index in [0.717, 1.165) is 24.1 Å². The molecule has 0 atom stereocenters. The van der Waals surface area contributed by atoms with E-state index in [0.29, 0.717) is 13.1 Å². The van der Waals surface area contributed by atoms with E-state index in [2.05, 4.69) is 18.9 Å². The SMILES string of the molecule is CCc1sc(C(=O)N2CCC(n3cc(C(=O)O)cn3)CC2)cc1C. The van der Waals surface area contributed by atoms with Gasteiger partial charge in [-0.2, -0.15) is 5.10 Å². The third-order valence-electron chi connectivity index (χ3n) is 4.53. The first-order valence-corrected chi connectivity index (χ1v) is 8.97. The van der Waals surface area contributed by atoms with Crippen molar-refractivity contribution >= 4 is 23.2 Å². The van der Waals surface area contributed by atoms with Crippen LogP contribution in [0.3, 0.4) is 0 Å². The van der Waals surface area contributed by atoms with Gasteiger partial charge in [-0.3, -0.25) is 9.48 Å². The minimum atomic E-state index is -0.964. The van der Waals surface area contributed by atoms with Crippen LogP contribution in [-0.4, -0.2) is 44.8 Å². The van der Waals surface area contributed by atoms with Crippen LogP contribution in [0, 0.1) is 6.92 Å². The van der Waals surface area contributed by atoms with Crippen LogP contribution in [0.4, 0.5) is 0 Å². The van der Waals surface area contributed by atoms with Gasteiger partial charge < -0.3 is 10.0 Å². The largest absolute Gasteiger partial charge is 0.478 e. The number of aryl methyl sites for hydroxylation is 2. The van der Waals surface area contributed by atoms with Crippen molar-refractivity contribution in [3.05, 3.63) is 39.3 Å². The van der Waals surface area contributed by atoms with Gasteiger partial charge in [-0.15, -0.1) is 11.3 Å². The summed E-state index contributed by atoms with van der Waals surface area (Å²) in [7, 11) is 0. The van der Waals surface area contributed by atoms with E-state index < -0.39 is 5.97 Å². The van der Waals surface area contributed by atoms with Crippen LogP contribution in [0.25, 0.3) is 0 Å². The Hall–Kier alpha value is -2.15. The van der Waals surface area contributed by atoms with Crippen molar-refractivity contribution in [1.82, 2.24) is 14.7 Å². The molecule has 24 heavy (non-hydrogen) atoms. The van der Waals surface area contributed by atoms with Gasteiger partial charge in [0.2, 0.25) is 0 Å². The normalized spacial score (nSPS) is 15.7. The van der Waals surface area contributed by atoms with Crippen molar-refractivity contribution in [3.63, 3.8) is 0 Å². The number of carboxylic acids is 1. The van der Waals surface area contributed by atoms with Gasteiger partial charge in [0.1, 0.15) is 0 Å². The molecular formula is C17H21N3O3S. The van der Waals surface area contributed by atoms with Crippen molar-refractivity contribution in [2.75, 3.05) is 13.1 Å². The molecule has 1 aliphatic rings. The number of piperidine rings is 1. The number of rotatable bonds is 4. The number of hydrogen-bond acceptors (Lipinski definition) is 4. The number of likely N-dealkylation sites (tertiary alicyclic amines) is 1. The number of hydrogen-bond donors (Lipinski definition) is 1. The summed E-state index contributed by atoms with van der Waals surface area (Å²) in [4.78, 5) is 27.6. The van der Waals surface area contributed by atoms with Gasteiger partial charge in [-0.05, 0) is 37.8 Å². The molecule has 1 fully saturated rings. The number of aromatic carboxylic acids is 1. The minimum Gasteiger partial charge on any atom is -0.478 e. The van der Waals surface area contributed by atoms with E-state index in [1.807, 2.05) is 11.0 Å². The molecule has 0 bridgehead atoms. The van der Waals surface area contributed by atoms with E-state index in [1.54, 1.807) is 22.2 Å². The lowest BCUT2D eigenvalue weighted by Gasteiger charge is -2.31. The molecule has 2 aromatic rings. The van der Waals surface area contributed by atoms with Crippen LogP contribution < -0.4 is 0 Å². The van der Waals surface area contributed by atoms with Crippen LogP contribution in [0.2, 0.25) is 0 Å². The molecule has 1 saturated heterocycles. The number of nitrogens with zero attached hydrogens (tertiary/aromatic N) is 3. The maximum Gasteiger partial charge on any atom is 0.338 e. The Bertz CT molecular complexity index is 757. The molecule has 0 saturated carbocycles. The number of amides is 1. The van der Waals surface area contributed by atoms with E-state index in [-0.39, 0.29) is 17.5 Å². The zero-order valence-electron chi connectivity index (χ0n) is 13.9. The summed E-state index contributed by atoms with van der Waals surface area (Å²) >= 11 is 1.59. The van der Waals surface area contributed by atoms with Crippen LogP contribution >= 0.6 is 11.3 Å². The number of carbonyl (C=O) groups is 2. The molecule has 6 nitrogen and oxygen atoms in total. The van der Waals surface area contributed by atoms with Gasteiger partial charge in [0.05, 0.1) is 22.7 Å². The highest BCUT2D eigenvalue weighted by atomic mass is 32.1. The molecule has 0 radical (unpaired) electrons. The Morgan fingerprint density at radius 1 is 1.38 bits per heavy atom. The number of carbonyl (C=O) groups excluding carboxylic acids is 1. The average Bonchev–Trinajstić information content (AvgIpc) is 3.21. The predicted molar refractivity (Wildman–Crippen MR) is 91.8 cm³/mol. The Balaban J connectivity index is 1.63. The predicted octanol–water partition coefficient (Wildman–Crippen LogP) is 2.99. The average molecular weight is 347 g/mol. The van der Waals surface area contributed by atoms with Gasteiger partial charge in [-0.1, -0.05) is 6.92 Å². The van der Waals surface area contributed by atoms with Crippen molar-refractivity contribution in [3.8, 4) is 0 Å². The maximum absolute atomic E-state index is 12.7. The summed E-state index contributed by atoms with van der Waals surface area (Å²) in [6.45, 7) is 5.50.